The van der Waals surface area contributed by atoms with Crippen LogP contribution in [0.4, 0.5) is 4.39 Å². The summed E-state index contributed by atoms with van der Waals surface area (Å²) in [6.07, 6.45) is 1.15. The van der Waals surface area contributed by atoms with Crippen molar-refractivity contribution in [3.63, 3.8) is 0 Å². The second-order valence-electron chi connectivity index (χ2n) is 4.83. The van der Waals surface area contributed by atoms with E-state index in [2.05, 4.69) is 17.2 Å². The van der Waals surface area contributed by atoms with Crippen LogP contribution in [0.5, 0.6) is 0 Å². The van der Waals surface area contributed by atoms with Crippen molar-refractivity contribution >= 4 is 11.0 Å². The van der Waals surface area contributed by atoms with E-state index in [4.69, 9.17) is 0 Å². The molecule has 1 aliphatic rings. The summed E-state index contributed by atoms with van der Waals surface area (Å²) in [7, 11) is 1.96. The Labute approximate surface area is 99.7 Å². The molecule has 90 valence electrons. The first-order valence-electron chi connectivity index (χ1n) is 6.02. The van der Waals surface area contributed by atoms with Crippen LogP contribution >= 0.6 is 0 Å². The third-order valence-electron chi connectivity index (χ3n) is 3.71. The first kappa shape index (κ1) is 10.7. The number of nitrogens with one attached hydrogen (secondary N) is 1. The Morgan fingerprint density at radius 1 is 1.47 bits per heavy atom. The molecule has 0 amide bonds. The van der Waals surface area contributed by atoms with Gasteiger partial charge in [-0.3, -0.25) is 0 Å². The van der Waals surface area contributed by atoms with Crippen LogP contribution in [0.1, 0.15) is 25.2 Å². The lowest BCUT2D eigenvalue weighted by molar-refractivity contribution is 0.469. The van der Waals surface area contributed by atoms with Crippen LogP contribution in [0.2, 0.25) is 0 Å². The summed E-state index contributed by atoms with van der Waals surface area (Å²) in [6, 6.07) is 5.35. The molecule has 1 fully saturated rings. The second kappa shape index (κ2) is 3.81. The molecule has 3 rings (SSSR count). The molecular weight excluding hydrogens is 217 g/mol. The van der Waals surface area contributed by atoms with Crippen molar-refractivity contribution in [1.82, 2.24) is 14.9 Å². The molecule has 0 spiro atoms. The minimum absolute atomic E-state index is 0.241. The SMILES string of the molecule is CC1CCNC1c1nc2c(F)cccc2n1C. The fourth-order valence-corrected chi connectivity index (χ4v) is 2.66. The summed E-state index contributed by atoms with van der Waals surface area (Å²) >= 11 is 0. The molecule has 1 aromatic heterocycles. The number of hydrogen-bond acceptors (Lipinski definition) is 2. The zero-order valence-corrected chi connectivity index (χ0v) is 10.1. The number of halogens is 1. The highest BCUT2D eigenvalue weighted by Gasteiger charge is 2.28. The van der Waals surface area contributed by atoms with Gasteiger partial charge in [0, 0.05) is 7.05 Å². The number of hydrogen-bond donors (Lipinski definition) is 1. The van der Waals surface area contributed by atoms with Gasteiger partial charge in [0.05, 0.1) is 11.6 Å². The monoisotopic (exact) mass is 233 g/mol. The fourth-order valence-electron chi connectivity index (χ4n) is 2.66. The van der Waals surface area contributed by atoms with Gasteiger partial charge in [-0.2, -0.15) is 0 Å². The predicted octanol–water partition coefficient (Wildman–Crippen LogP) is 2.38. The van der Waals surface area contributed by atoms with Crippen molar-refractivity contribution in [3.8, 4) is 0 Å². The first-order chi connectivity index (χ1) is 8.18. The van der Waals surface area contributed by atoms with Crippen molar-refractivity contribution in [2.24, 2.45) is 13.0 Å². The Hall–Kier alpha value is -1.42. The Morgan fingerprint density at radius 3 is 2.94 bits per heavy atom. The van der Waals surface area contributed by atoms with Gasteiger partial charge in [0.25, 0.3) is 0 Å². The Morgan fingerprint density at radius 2 is 2.29 bits per heavy atom. The molecule has 0 saturated carbocycles. The van der Waals surface area contributed by atoms with E-state index in [-0.39, 0.29) is 11.9 Å². The molecular formula is C13H16FN3. The molecule has 2 heterocycles. The van der Waals surface area contributed by atoms with Gasteiger partial charge in [0.15, 0.2) is 5.82 Å². The maximum atomic E-state index is 13.7. The van der Waals surface area contributed by atoms with Crippen LogP contribution in [-0.4, -0.2) is 16.1 Å². The van der Waals surface area contributed by atoms with Crippen molar-refractivity contribution < 1.29 is 4.39 Å². The van der Waals surface area contributed by atoms with Gasteiger partial charge in [-0.15, -0.1) is 0 Å². The molecule has 1 saturated heterocycles. The third kappa shape index (κ3) is 1.55. The summed E-state index contributed by atoms with van der Waals surface area (Å²) in [6.45, 7) is 3.22. The third-order valence-corrected chi connectivity index (χ3v) is 3.71. The normalized spacial score (nSPS) is 24.6. The average molecular weight is 233 g/mol. The standard InChI is InChI=1S/C13H16FN3/c1-8-6-7-15-11(8)13-16-12-9(14)4-3-5-10(12)17(13)2/h3-5,8,11,15H,6-7H2,1-2H3. The molecule has 2 unspecified atom stereocenters. The molecule has 2 aromatic rings. The van der Waals surface area contributed by atoms with Crippen LogP contribution in [0.15, 0.2) is 18.2 Å². The van der Waals surface area contributed by atoms with E-state index in [0.717, 1.165) is 24.3 Å². The zero-order chi connectivity index (χ0) is 12.0. The molecule has 0 aliphatic carbocycles. The second-order valence-corrected chi connectivity index (χ2v) is 4.83. The molecule has 2 atom stereocenters. The van der Waals surface area contributed by atoms with E-state index < -0.39 is 0 Å². The van der Waals surface area contributed by atoms with Crippen LogP contribution in [0.25, 0.3) is 11.0 Å². The van der Waals surface area contributed by atoms with Crippen LogP contribution in [0.3, 0.4) is 0 Å². The van der Waals surface area contributed by atoms with E-state index in [0.29, 0.717) is 11.4 Å². The summed E-state index contributed by atoms with van der Waals surface area (Å²) in [5.41, 5.74) is 1.34. The predicted molar refractivity (Wildman–Crippen MR) is 65.2 cm³/mol. The highest BCUT2D eigenvalue weighted by Crippen LogP contribution is 2.30. The average Bonchev–Trinajstić information content (AvgIpc) is 2.85. The van der Waals surface area contributed by atoms with Crippen LogP contribution < -0.4 is 5.32 Å². The number of aromatic nitrogens is 2. The summed E-state index contributed by atoms with van der Waals surface area (Å²) in [4.78, 5) is 4.47. The number of rotatable bonds is 1. The minimum Gasteiger partial charge on any atom is -0.330 e. The molecule has 0 radical (unpaired) electrons. The molecule has 0 bridgehead atoms. The van der Waals surface area contributed by atoms with Gasteiger partial charge >= 0.3 is 0 Å². The van der Waals surface area contributed by atoms with E-state index in [9.17, 15) is 4.39 Å². The van der Waals surface area contributed by atoms with Gasteiger partial charge in [0.2, 0.25) is 0 Å². The summed E-state index contributed by atoms with van der Waals surface area (Å²) < 4.78 is 15.7. The molecule has 1 N–H and O–H groups in total. The molecule has 17 heavy (non-hydrogen) atoms. The van der Waals surface area contributed by atoms with E-state index >= 15 is 0 Å². The molecule has 3 nitrogen and oxygen atoms in total. The Balaban J connectivity index is 2.17. The maximum Gasteiger partial charge on any atom is 0.151 e. The maximum absolute atomic E-state index is 13.7. The Bertz CT molecular complexity index is 561. The highest BCUT2D eigenvalue weighted by molar-refractivity contribution is 5.76. The lowest BCUT2D eigenvalue weighted by atomic mass is 10.0. The largest absolute Gasteiger partial charge is 0.330 e. The van der Waals surface area contributed by atoms with Crippen molar-refractivity contribution in [1.29, 1.82) is 0 Å². The number of para-hydroxylation sites is 1. The van der Waals surface area contributed by atoms with Gasteiger partial charge in [-0.25, -0.2) is 9.37 Å². The van der Waals surface area contributed by atoms with Crippen molar-refractivity contribution in [2.75, 3.05) is 6.54 Å². The Kier molecular flexibility index (Phi) is 2.40. The summed E-state index contributed by atoms with van der Waals surface area (Å²) in [5, 5.41) is 3.44. The van der Waals surface area contributed by atoms with E-state index in [1.165, 1.54) is 6.07 Å². The number of aryl methyl sites for hydroxylation is 1. The number of imidazole rings is 1. The summed E-state index contributed by atoms with van der Waals surface area (Å²) in [5.74, 6) is 1.25. The smallest absolute Gasteiger partial charge is 0.151 e. The quantitative estimate of drug-likeness (QED) is 0.819. The zero-order valence-electron chi connectivity index (χ0n) is 10.1. The van der Waals surface area contributed by atoms with Gasteiger partial charge in [-0.05, 0) is 31.0 Å². The lowest BCUT2D eigenvalue weighted by Gasteiger charge is -2.15. The van der Waals surface area contributed by atoms with E-state index in [1.54, 1.807) is 6.07 Å². The number of benzene rings is 1. The van der Waals surface area contributed by atoms with Crippen LogP contribution in [0, 0.1) is 11.7 Å². The molecule has 1 aromatic carbocycles. The lowest BCUT2D eigenvalue weighted by Crippen LogP contribution is -2.20. The van der Waals surface area contributed by atoms with E-state index in [1.807, 2.05) is 17.7 Å². The topological polar surface area (TPSA) is 29.9 Å². The van der Waals surface area contributed by atoms with Gasteiger partial charge in [-0.1, -0.05) is 13.0 Å². The number of fused-ring (bicyclic) bond motifs is 1. The fraction of sp³-hybridized carbons (Fsp3) is 0.462. The van der Waals surface area contributed by atoms with Gasteiger partial charge < -0.3 is 9.88 Å². The molecule has 4 heteroatoms. The highest BCUT2D eigenvalue weighted by atomic mass is 19.1. The van der Waals surface area contributed by atoms with Crippen LogP contribution in [-0.2, 0) is 7.05 Å². The van der Waals surface area contributed by atoms with Crippen molar-refractivity contribution in [2.45, 2.75) is 19.4 Å². The van der Waals surface area contributed by atoms with Crippen molar-refractivity contribution in [3.05, 3.63) is 29.8 Å². The first-order valence-corrected chi connectivity index (χ1v) is 6.02. The minimum atomic E-state index is -0.241. The number of nitrogens with zero attached hydrogens (tertiary/aromatic N) is 2. The molecule has 1 aliphatic heterocycles. The van der Waals surface area contributed by atoms with Gasteiger partial charge in [0.1, 0.15) is 11.3 Å².